The first kappa shape index (κ1) is 18.6. The van der Waals surface area contributed by atoms with Gasteiger partial charge >= 0.3 is 6.18 Å². The number of hydrogen-bond donors (Lipinski definition) is 0. The van der Waals surface area contributed by atoms with E-state index in [-0.39, 0.29) is 12.5 Å². The molecule has 15 heavy (non-hydrogen) atoms. The Morgan fingerprint density at radius 1 is 1.07 bits per heavy atom. The minimum absolute atomic E-state index is 0.0471. The largest absolute Gasteiger partial charge is 0.410 e. The number of alkyl halides is 8. The van der Waals surface area contributed by atoms with Crippen LogP contribution in [0.5, 0.6) is 0 Å². The van der Waals surface area contributed by atoms with Crippen molar-refractivity contribution in [3.8, 4) is 0 Å². The maximum absolute atomic E-state index is 10.9. The Morgan fingerprint density at radius 3 is 1.47 bits per heavy atom. The van der Waals surface area contributed by atoms with Gasteiger partial charge in [-0.1, -0.05) is 46.4 Å². The SMILES string of the molecule is ClC(Cl)CC(Cl)(Cl)Cl.FC(F)(F)/C=C\Cl. The molecule has 0 N–H and O–H groups in total. The van der Waals surface area contributed by atoms with Gasteiger partial charge in [-0.2, -0.15) is 13.2 Å². The topological polar surface area (TPSA) is 0 Å². The molecule has 0 bridgehead atoms. The van der Waals surface area contributed by atoms with Gasteiger partial charge in [-0.25, -0.2) is 0 Å². The molecule has 0 heterocycles. The second-order valence-corrected chi connectivity index (χ2v) is 6.09. The van der Waals surface area contributed by atoms with Gasteiger partial charge in [-0.3, -0.25) is 0 Å². The predicted molar refractivity (Wildman–Crippen MR) is 61.4 cm³/mol. The van der Waals surface area contributed by atoms with E-state index in [9.17, 15) is 13.2 Å². The minimum atomic E-state index is -4.26. The lowest BCUT2D eigenvalue weighted by atomic mass is 10.5. The molecule has 0 saturated carbocycles. The number of rotatable bonds is 1. The molecule has 0 aromatic rings. The lowest BCUT2D eigenvalue weighted by Gasteiger charge is -2.09. The van der Waals surface area contributed by atoms with E-state index in [1.54, 1.807) is 0 Å². The van der Waals surface area contributed by atoms with Crippen LogP contribution in [0, 0.1) is 0 Å². The minimum Gasteiger partial charge on any atom is -0.167 e. The van der Waals surface area contributed by atoms with Crippen LogP contribution in [-0.4, -0.2) is 14.8 Å². The van der Waals surface area contributed by atoms with Crippen molar-refractivity contribution in [3.63, 3.8) is 0 Å². The highest BCUT2D eigenvalue weighted by molar-refractivity contribution is 6.68. The Balaban J connectivity index is 0. The van der Waals surface area contributed by atoms with Gasteiger partial charge in [0.1, 0.15) is 4.84 Å². The fourth-order valence-electron chi connectivity index (χ4n) is 0.246. The normalized spacial score (nSPS) is 12.9. The molecule has 0 aromatic heterocycles. The molecule has 0 saturated heterocycles. The summed E-state index contributed by atoms with van der Waals surface area (Å²) in [6, 6.07) is 0. The van der Waals surface area contributed by atoms with E-state index < -0.39 is 14.8 Å². The summed E-state index contributed by atoms with van der Waals surface area (Å²) < 4.78 is 31.3. The van der Waals surface area contributed by atoms with Crippen molar-refractivity contribution in [2.75, 3.05) is 0 Å². The summed E-state index contributed by atoms with van der Waals surface area (Å²) in [5, 5.41) is 0. The van der Waals surface area contributed by atoms with Crippen molar-refractivity contribution in [1.29, 1.82) is 0 Å². The van der Waals surface area contributed by atoms with Crippen LogP contribution in [0.2, 0.25) is 0 Å². The molecule has 0 spiro atoms. The fourth-order valence-corrected chi connectivity index (χ4v) is 1.79. The predicted octanol–water partition coefficient (Wildman–Crippen LogP) is 5.85. The maximum atomic E-state index is 10.9. The summed E-state index contributed by atoms with van der Waals surface area (Å²) in [7, 11) is 0. The third-order valence-electron chi connectivity index (χ3n) is 0.638. The van der Waals surface area contributed by atoms with Crippen molar-refractivity contribution in [3.05, 3.63) is 11.6 Å². The summed E-state index contributed by atoms with van der Waals surface area (Å²) in [6.45, 7) is 0. The first-order valence-corrected chi connectivity index (χ1v) is 5.62. The molecule has 0 radical (unpaired) electrons. The van der Waals surface area contributed by atoms with Crippen LogP contribution in [0.25, 0.3) is 0 Å². The molecule has 0 aliphatic heterocycles. The monoisotopic (exact) mass is 344 g/mol. The summed E-state index contributed by atoms with van der Waals surface area (Å²) >= 11 is 31.0. The van der Waals surface area contributed by atoms with Gasteiger partial charge < -0.3 is 0 Å². The highest BCUT2D eigenvalue weighted by Gasteiger charge is 2.22. The summed E-state index contributed by atoms with van der Waals surface area (Å²) in [6.07, 6.45) is -4.16. The van der Waals surface area contributed by atoms with Crippen LogP contribution >= 0.6 is 69.6 Å². The van der Waals surface area contributed by atoms with Crippen molar-refractivity contribution in [2.45, 2.75) is 21.2 Å². The summed E-state index contributed by atoms with van der Waals surface area (Å²) in [4.78, 5) is -0.609. The van der Waals surface area contributed by atoms with Gasteiger partial charge in [0, 0.05) is 18.0 Å². The molecule has 0 nitrogen and oxygen atoms in total. The lowest BCUT2D eigenvalue weighted by Crippen LogP contribution is -2.06. The Bertz CT molecular complexity index is 182. The van der Waals surface area contributed by atoms with Crippen LogP contribution in [-0.2, 0) is 0 Å². The molecular formula is C6H5Cl6F3. The van der Waals surface area contributed by atoms with Gasteiger partial charge in [0.2, 0.25) is 0 Å². The second kappa shape index (κ2) is 8.37. The molecule has 0 fully saturated rings. The van der Waals surface area contributed by atoms with Gasteiger partial charge in [-0.15, -0.1) is 23.2 Å². The average molecular weight is 347 g/mol. The Labute approximate surface area is 115 Å². The third kappa shape index (κ3) is 25.5. The van der Waals surface area contributed by atoms with E-state index in [1.807, 2.05) is 0 Å². The zero-order chi connectivity index (χ0) is 12.7. The number of allylic oxidation sites excluding steroid dienone is 1. The fraction of sp³-hybridized carbons (Fsp3) is 0.667. The molecular weight excluding hydrogens is 342 g/mol. The van der Waals surface area contributed by atoms with E-state index in [1.165, 1.54) is 0 Å². The van der Waals surface area contributed by atoms with Crippen molar-refractivity contribution >= 4 is 69.6 Å². The third-order valence-corrected chi connectivity index (χ3v) is 1.54. The summed E-state index contributed by atoms with van der Waals surface area (Å²) in [5.41, 5.74) is 0.431. The molecule has 0 aliphatic rings. The molecule has 9 heteroatoms. The van der Waals surface area contributed by atoms with Gasteiger partial charge in [0.25, 0.3) is 0 Å². The molecule has 0 rings (SSSR count). The number of hydrogen-bond acceptors (Lipinski definition) is 0. The first-order valence-electron chi connectivity index (χ1n) is 3.17. The molecule has 0 unspecified atom stereocenters. The highest BCUT2D eigenvalue weighted by Crippen LogP contribution is 2.33. The van der Waals surface area contributed by atoms with Gasteiger partial charge in [-0.05, 0) is 0 Å². The molecule has 92 valence electrons. The lowest BCUT2D eigenvalue weighted by molar-refractivity contribution is -0.0796. The quantitative estimate of drug-likeness (QED) is 0.522. The van der Waals surface area contributed by atoms with Gasteiger partial charge in [0.15, 0.2) is 3.79 Å². The van der Waals surface area contributed by atoms with E-state index >= 15 is 0 Å². The smallest absolute Gasteiger partial charge is 0.167 e. The number of halogens is 9. The zero-order valence-corrected chi connectivity index (χ0v) is 11.4. The van der Waals surface area contributed by atoms with Gasteiger partial charge in [0.05, 0.1) is 0 Å². The standard InChI is InChI=1S/C3H3Cl5.C3H2ClF3/c4-2(5)1-3(6,7)8;4-2-1-3(5,6)7/h2H,1H2;1-2H/b;2-1-. The maximum Gasteiger partial charge on any atom is 0.410 e. The Morgan fingerprint density at radius 2 is 1.47 bits per heavy atom. The van der Waals surface area contributed by atoms with Crippen molar-refractivity contribution in [2.24, 2.45) is 0 Å². The van der Waals surface area contributed by atoms with Crippen LogP contribution in [0.4, 0.5) is 13.2 Å². The van der Waals surface area contributed by atoms with Crippen LogP contribution < -0.4 is 0 Å². The van der Waals surface area contributed by atoms with E-state index in [4.69, 9.17) is 58.0 Å². The highest BCUT2D eigenvalue weighted by atomic mass is 35.6. The molecule has 0 aromatic carbocycles. The van der Waals surface area contributed by atoms with Crippen molar-refractivity contribution < 1.29 is 13.2 Å². The zero-order valence-electron chi connectivity index (χ0n) is 6.84. The molecule has 0 atom stereocenters. The Hall–Kier alpha value is 1.27. The van der Waals surface area contributed by atoms with E-state index in [0.29, 0.717) is 5.54 Å². The molecule has 0 aliphatic carbocycles. The van der Waals surface area contributed by atoms with Crippen LogP contribution in [0.1, 0.15) is 6.42 Å². The Kier molecular flexibility index (Phi) is 10.4. The van der Waals surface area contributed by atoms with E-state index in [0.717, 1.165) is 0 Å². The van der Waals surface area contributed by atoms with Crippen LogP contribution in [0.15, 0.2) is 11.6 Å². The van der Waals surface area contributed by atoms with Crippen molar-refractivity contribution in [1.82, 2.24) is 0 Å². The average Bonchev–Trinajstić information content (AvgIpc) is 1.77. The summed E-state index contributed by atoms with van der Waals surface area (Å²) in [5.74, 6) is 0. The second-order valence-electron chi connectivity index (χ2n) is 2.04. The first-order chi connectivity index (χ1) is 6.48. The van der Waals surface area contributed by atoms with Crippen LogP contribution in [0.3, 0.4) is 0 Å². The van der Waals surface area contributed by atoms with E-state index in [2.05, 4.69) is 11.6 Å². The molecule has 0 amide bonds.